The van der Waals surface area contributed by atoms with Gasteiger partial charge in [-0.25, -0.2) is 0 Å². The van der Waals surface area contributed by atoms with Crippen LogP contribution in [0, 0.1) is 0 Å². The van der Waals surface area contributed by atoms with Crippen molar-refractivity contribution in [2.75, 3.05) is 30.5 Å². The summed E-state index contributed by atoms with van der Waals surface area (Å²) in [6.45, 7) is 1.16. The van der Waals surface area contributed by atoms with Gasteiger partial charge in [-0.3, -0.25) is 14.9 Å². The topological polar surface area (TPSA) is 93.7 Å². The monoisotopic (exact) mass is 388 g/mol. The first-order valence-corrected chi connectivity index (χ1v) is 9.66. The van der Waals surface area contributed by atoms with Crippen LogP contribution in [-0.2, 0) is 14.3 Å². The van der Waals surface area contributed by atoms with Crippen molar-refractivity contribution in [1.82, 2.24) is 10.2 Å². The highest BCUT2D eigenvalue weighted by Gasteiger charge is 2.34. The average molecular weight is 388 g/mol. The Morgan fingerprint density at radius 1 is 1.33 bits per heavy atom. The van der Waals surface area contributed by atoms with Crippen molar-refractivity contribution in [2.24, 2.45) is 0 Å². The normalized spacial score (nSPS) is 22.3. The number of hydrogen-bond acceptors (Lipinski definition) is 7. The Kier molecular flexibility index (Phi) is 5.04. The van der Waals surface area contributed by atoms with Crippen LogP contribution < -0.4 is 15.0 Å². The van der Waals surface area contributed by atoms with Crippen LogP contribution in [-0.4, -0.2) is 48.4 Å². The Morgan fingerprint density at radius 3 is 2.85 bits per heavy atom. The number of aromatic nitrogens is 2. The van der Waals surface area contributed by atoms with Gasteiger partial charge in [0.15, 0.2) is 0 Å². The van der Waals surface area contributed by atoms with E-state index in [1.54, 1.807) is 12.0 Å². The lowest BCUT2D eigenvalue weighted by Crippen LogP contribution is -2.26. The molecule has 2 aromatic rings. The van der Waals surface area contributed by atoms with Crippen molar-refractivity contribution in [3.63, 3.8) is 0 Å². The highest BCUT2D eigenvalue weighted by Crippen LogP contribution is 2.34. The number of benzene rings is 1. The molecule has 8 nitrogen and oxygen atoms in total. The average Bonchev–Trinajstić information content (AvgIpc) is 3.42. The van der Waals surface area contributed by atoms with Gasteiger partial charge in [0.1, 0.15) is 16.9 Å². The van der Waals surface area contributed by atoms with Gasteiger partial charge in [-0.1, -0.05) is 11.3 Å². The van der Waals surface area contributed by atoms with Crippen molar-refractivity contribution in [3.8, 4) is 5.75 Å². The van der Waals surface area contributed by atoms with E-state index in [4.69, 9.17) is 9.47 Å². The number of carbonyl (C=O) groups is 2. The maximum absolute atomic E-state index is 12.4. The lowest BCUT2D eigenvalue weighted by atomic mass is 10.1. The minimum absolute atomic E-state index is 0.0366. The molecule has 2 amide bonds. The van der Waals surface area contributed by atoms with Crippen LogP contribution in [0.15, 0.2) is 24.3 Å². The van der Waals surface area contributed by atoms with Crippen molar-refractivity contribution in [3.05, 3.63) is 29.3 Å². The van der Waals surface area contributed by atoms with E-state index >= 15 is 0 Å². The number of nitrogens with zero attached hydrogens (tertiary/aromatic N) is 3. The molecule has 0 aliphatic carbocycles. The van der Waals surface area contributed by atoms with Crippen LogP contribution in [0.2, 0.25) is 0 Å². The molecule has 0 radical (unpaired) electrons. The van der Waals surface area contributed by atoms with Crippen LogP contribution in [0.25, 0.3) is 0 Å². The van der Waals surface area contributed by atoms with Crippen molar-refractivity contribution in [2.45, 2.75) is 31.3 Å². The van der Waals surface area contributed by atoms with Crippen LogP contribution in [0.3, 0.4) is 0 Å². The highest BCUT2D eigenvalue weighted by atomic mass is 32.1. The lowest BCUT2D eigenvalue weighted by molar-refractivity contribution is -0.124. The second kappa shape index (κ2) is 7.61. The second-order valence-corrected chi connectivity index (χ2v) is 7.55. The van der Waals surface area contributed by atoms with E-state index in [-0.39, 0.29) is 17.7 Å². The molecule has 0 bridgehead atoms. The number of amides is 2. The van der Waals surface area contributed by atoms with Crippen LogP contribution in [0.4, 0.5) is 10.8 Å². The largest absolute Gasteiger partial charge is 0.497 e. The van der Waals surface area contributed by atoms with Gasteiger partial charge >= 0.3 is 0 Å². The molecule has 1 N–H and O–H groups in total. The third kappa shape index (κ3) is 3.79. The van der Waals surface area contributed by atoms with E-state index in [1.807, 2.05) is 24.3 Å². The van der Waals surface area contributed by atoms with Crippen LogP contribution in [0.5, 0.6) is 5.75 Å². The number of carbonyl (C=O) groups excluding carboxylic acids is 2. The predicted octanol–water partition coefficient (Wildman–Crippen LogP) is 2.18. The summed E-state index contributed by atoms with van der Waals surface area (Å²) >= 11 is 1.31. The van der Waals surface area contributed by atoms with Gasteiger partial charge in [-0.05, 0) is 37.1 Å². The molecular formula is C18H20N4O4S. The number of rotatable bonds is 5. The van der Waals surface area contributed by atoms with Crippen LogP contribution >= 0.6 is 11.3 Å². The zero-order chi connectivity index (χ0) is 18.8. The van der Waals surface area contributed by atoms with Crippen molar-refractivity contribution < 1.29 is 19.1 Å². The predicted molar refractivity (Wildman–Crippen MR) is 100 cm³/mol. The lowest BCUT2D eigenvalue weighted by Gasteiger charge is -2.16. The summed E-state index contributed by atoms with van der Waals surface area (Å²) in [5.41, 5.74) is 0.833. The second-order valence-electron chi connectivity index (χ2n) is 6.54. The van der Waals surface area contributed by atoms with E-state index in [0.29, 0.717) is 24.7 Å². The molecule has 2 fully saturated rings. The van der Waals surface area contributed by atoms with E-state index < -0.39 is 6.10 Å². The standard InChI is InChI=1S/C18H20N4O4S/c1-25-13-6-4-12(5-7-13)22-10-11(9-15(22)23)17-20-21-18(27-17)19-16(24)14-3-2-8-26-14/h4-7,11,14H,2-3,8-10H2,1H3,(H,19,21,24)/t11-,14-/m0/s1. The molecule has 1 aromatic heterocycles. The Labute approximate surface area is 160 Å². The molecule has 2 saturated heterocycles. The first-order chi connectivity index (χ1) is 13.1. The van der Waals surface area contributed by atoms with Gasteiger partial charge in [0.2, 0.25) is 11.0 Å². The molecule has 2 atom stereocenters. The first kappa shape index (κ1) is 17.9. The number of methoxy groups -OCH3 is 1. The number of ether oxygens (including phenoxy) is 2. The van der Waals surface area contributed by atoms with Gasteiger partial charge in [0.25, 0.3) is 5.91 Å². The number of hydrogen-bond donors (Lipinski definition) is 1. The highest BCUT2D eigenvalue weighted by molar-refractivity contribution is 7.15. The molecule has 9 heteroatoms. The molecule has 2 aliphatic rings. The summed E-state index contributed by atoms with van der Waals surface area (Å²) in [5, 5.41) is 12.2. The molecule has 142 valence electrons. The fraction of sp³-hybridized carbons (Fsp3) is 0.444. The minimum Gasteiger partial charge on any atom is -0.497 e. The molecular weight excluding hydrogens is 368 g/mol. The summed E-state index contributed by atoms with van der Waals surface area (Å²) in [7, 11) is 1.61. The molecule has 0 spiro atoms. The van der Waals surface area contributed by atoms with E-state index in [9.17, 15) is 9.59 Å². The fourth-order valence-corrected chi connectivity index (χ4v) is 4.14. The zero-order valence-electron chi connectivity index (χ0n) is 14.9. The van der Waals surface area contributed by atoms with Gasteiger partial charge < -0.3 is 14.4 Å². The Balaban J connectivity index is 1.41. The quantitative estimate of drug-likeness (QED) is 0.844. The van der Waals surface area contributed by atoms with E-state index in [2.05, 4.69) is 15.5 Å². The molecule has 1 aromatic carbocycles. The molecule has 0 saturated carbocycles. The van der Waals surface area contributed by atoms with Crippen LogP contribution in [0.1, 0.15) is 30.2 Å². The number of anilines is 2. The van der Waals surface area contributed by atoms with Gasteiger partial charge in [0, 0.05) is 31.2 Å². The molecule has 4 rings (SSSR count). The maximum atomic E-state index is 12.4. The van der Waals surface area contributed by atoms with Crippen molar-refractivity contribution >= 4 is 34.0 Å². The molecule has 0 unspecified atom stereocenters. The third-order valence-corrected chi connectivity index (χ3v) is 5.75. The third-order valence-electron chi connectivity index (χ3n) is 4.75. The molecule has 27 heavy (non-hydrogen) atoms. The van der Waals surface area contributed by atoms with Gasteiger partial charge in [-0.15, -0.1) is 10.2 Å². The fourth-order valence-electron chi connectivity index (χ4n) is 3.31. The number of nitrogens with one attached hydrogen (secondary N) is 1. The zero-order valence-corrected chi connectivity index (χ0v) is 15.7. The summed E-state index contributed by atoms with van der Waals surface area (Å²) in [5.74, 6) is 0.575. The Hall–Kier alpha value is -2.52. The Morgan fingerprint density at radius 2 is 2.15 bits per heavy atom. The smallest absolute Gasteiger partial charge is 0.255 e. The Bertz CT molecular complexity index is 832. The summed E-state index contributed by atoms with van der Waals surface area (Å²) < 4.78 is 10.5. The van der Waals surface area contributed by atoms with E-state index in [0.717, 1.165) is 29.3 Å². The van der Waals surface area contributed by atoms with Gasteiger partial charge in [-0.2, -0.15) is 0 Å². The first-order valence-electron chi connectivity index (χ1n) is 8.84. The summed E-state index contributed by atoms with van der Waals surface area (Å²) in [6, 6.07) is 7.40. The molecule has 2 aliphatic heterocycles. The summed E-state index contributed by atoms with van der Waals surface area (Å²) in [4.78, 5) is 26.3. The van der Waals surface area contributed by atoms with E-state index in [1.165, 1.54) is 11.3 Å². The maximum Gasteiger partial charge on any atom is 0.255 e. The summed E-state index contributed by atoms with van der Waals surface area (Å²) in [6.07, 6.45) is 1.59. The molecule has 3 heterocycles. The van der Waals surface area contributed by atoms with Crippen molar-refractivity contribution in [1.29, 1.82) is 0 Å². The minimum atomic E-state index is -0.407. The SMILES string of the molecule is COc1ccc(N2C[C@@H](c3nnc(NC(=O)[C@@H]4CCCO4)s3)CC2=O)cc1. The van der Waals surface area contributed by atoms with Gasteiger partial charge in [0.05, 0.1) is 7.11 Å².